The second-order valence-corrected chi connectivity index (χ2v) is 8.50. The second-order valence-electron chi connectivity index (χ2n) is 4.22. The highest BCUT2D eigenvalue weighted by molar-refractivity contribution is 9.11. The molecule has 2 rings (SSSR count). The first-order valence-corrected chi connectivity index (χ1v) is 9.16. The van der Waals surface area contributed by atoms with Gasteiger partial charge in [0.25, 0.3) is 0 Å². The van der Waals surface area contributed by atoms with Crippen LogP contribution >= 0.6 is 27.3 Å². The van der Waals surface area contributed by atoms with Crippen LogP contribution in [0.25, 0.3) is 0 Å². The second kappa shape index (κ2) is 6.89. The van der Waals surface area contributed by atoms with Crippen molar-refractivity contribution in [3.8, 4) is 5.75 Å². The molecule has 1 heterocycles. The summed E-state index contributed by atoms with van der Waals surface area (Å²) in [5.74, 6) is 0.290. The number of nitrogens with one attached hydrogen (secondary N) is 1. The summed E-state index contributed by atoms with van der Waals surface area (Å²) in [7, 11) is -2.21. The van der Waals surface area contributed by atoms with Gasteiger partial charge in [0.15, 0.2) is 0 Å². The van der Waals surface area contributed by atoms with E-state index in [4.69, 9.17) is 10.5 Å². The van der Waals surface area contributed by atoms with E-state index in [0.717, 1.165) is 14.2 Å². The van der Waals surface area contributed by atoms with Crippen LogP contribution in [0.5, 0.6) is 5.75 Å². The molecule has 3 N–H and O–H groups in total. The number of methoxy groups -OCH3 is 1. The van der Waals surface area contributed by atoms with Gasteiger partial charge in [-0.2, -0.15) is 0 Å². The molecule has 0 saturated heterocycles. The van der Waals surface area contributed by atoms with Crippen molar-refractivity contribution in [3.63, 3.8) is 0 Å². The Kier molecular flexibility index (Phi) is 5.39. The summed E-state index contributed by atoms with van der Waals surface area (Å²) in [4.78, 5) is 1.03. The minimum Gasteiger partial charge on any atom is -0.495 e. The van der Waals surface area contributed by atoms with Crippen LogP contribution in [0.4, 0.5) is 0 Å². The number of sulfonamides is 1. The number of hydrogen-bond acceptors (Lipinski definition) is 5. The molecule has 21 heavy (non-hydrogen) atoms. The molecule has 5 nitrogen and oxygen atoms in total. The van der Waals surface area contributed by atoms with E-state index < -0.39 is 10.0 Å². The fourth-order valence-corrected chi connectivity index (χ4v) is 4.42. The lowest BCUT2D eigenvalue weighted by Crippen LogP contribution is -2.23. The molecule has 0 fully saturated rings. The van der Waals surface area contributed by atoms with Crippen molar-refractivity contribution in [3.05, 3.63) is 44.6 Å². The number of ether oxygens (including phenoxy) is 1. The maximum Gasteiger partial charge on any atom is 0.244 e. The minimum atomic E-state index is -3.64. The Morgan fingerprint density at radius 3 is 2.67 bits per heavy atom. The molecule has 0 aliphatic carbocycles. The van der Waals surface area contributed by atoms with Gasteiger partial charge in [-0.15, -0.1) is 11.3 Å². The first-order chi connectivity index (χ1) is 9.96. The van der Waals surface area contributed by atoms with E-state index in [2.05, 4.69) is 20.7 Å². The van der Waals surface area contributed by atoms with Crippen LogP contribution in [-0.2, 0) is 23.1 Å². The highest BCUT2D eigenvalue weighted by atomic mass is 79.9. The van der Waals surface area contributed by atoms with Gasteiger partial charge in [0.2, 0.25) is 10.0 Å². The summed E-state index contributed by atoms with van der Waals surface area (Å²) in [6.07, 6.45) is 0. The van der Waals surface area contributed by atoms with Gasteiger partial charge in [0.1, 0.15) is 10.6 Å². The van der Waals surface area contributed by atoms with Gasteiger partial charge in [-0.05, 0) is 45.8 Å². The third kappa shape index (κ3) is 4.04. The first-order valence-electron chi connectivity index (χ1n) is 6.07. The van der Waals surface area contributed by atoms with E-state index in [1.807, 2.05) is 12.1 Å². The largest absolute Gasteiger partial charge is 0.495 e. The molecule has 0 aliphatic heterocycles. The molecular weight excluding hydrogens is 376 g/mol. The Hall–Kier alpha value is -0.930. The van der Waals surface area contributed by atoms with Crippen LogP contribution in [0.15, 0.2) is 39.0 Å². The Bertz CT molecular complexity index is 729. The van der Waals surface area contributed by atoms with E-state index in [1.165, 1.54) is 24.5 Å². The van der Waals surface area contributed by atoms with Crippen LogP contribution in [0, 0.1) is 0 Å². The molecule has 1 aromatic heterocycles. The van der Waals surface area contributed by atoms with Gasteiger partial charge >= 0.3 is 0 Å². The molecule has 0 bridgehead atoms. The number of rotatable bonds is 6. The standard InChI is InChI=1S/C13H15BrN2O3S2/c1-19-11-6-9(7-15)2-4-12(11)21(17,18)16-8-10-3-5-13(14)20-10/h2-6,16H,7-8,15H2,1H3. The Balaban J connectivity index is 2.22. The molecule has 0 aliphatic rings. The molecule has 0 saturated carbocycles. The third-order valence-electron chi connectivity index (χ3n) is 2.82. The van der Waals surface area contributed by atoms with E-state index in [-0.39, 0.29) is 17.2 Å². The molecule has 0 radical (unpaired) electrons. The van der Waals surface area contributed by atoms with Crippen molar-refractivity contribution in [1.29, 1.82) is 0 Å². The smallest absolute Gasteiger partial charge is 0.244 e. The van der Waals surface area contributed by atoms with Gasteiger partial charge in [0.05, 0.1) is 10.9 Å². The van der Waals surface area contributed by atoms with Crippen molar-refractivity contribution in [2.24, 2.45) is 5.73 Å². The molecule has 0 amide bonds. The van der Waals surface area contributed by atoms with E-state index >= 15 is 0 Å². The summed E-state index contributed by atoms with van der Waals surface area (Å²) >= 11 is 4.83. The van der Waals surface area contributed by atoms with Crippen LogP contribution in [-0.4, -0.2) is 15.5 Å². The molecular formula is C13H15BrN2O3S2. The summed E-state index contributed by atoms with van der Waals surface area (Å²) in [5, 5.41) is 0. The summed E-state index contributed by atoms with van der Waals surface area (Å²) in [6.45, 7) is 0.563. The number of thiophene rings is 1. The summed E-state index contributed by atoms with van der Waals surface area (Å²) in [6, 6.07) is 8.57. The highest BCUT2D eigenvalue weighted by Gasteiger charge is 2.19. The van der Waals surface area contributed by atoms with Crippen molar-refractivity contribution in [2.75, 3.05) is 7.11 Å². The molecule has 2 aromatic rings. The zero-order valence-corrected chi connectivity index (χ0v) is 14.5. The van der Waals surface area contributed by atoms with Crippen molar-refractivity contribution in [1.82, 2.24) is 4.72 Å². The van der Waals surface area contributed by atoms with Gasteiger partial charge < -0.3 is 10.5 Å². The minimum absolute atomic E-state index is 0.109. The van der Waals surface area contributed by atoms with Gasteiger partial charge in [-0.25, -0.2) is 13.1 Å². The van der Waals surface area contributed by atoms with Gasteiger partial charge in [-0.3, -0.25) is 0 Å². The normalized spacial score (nSPS) is 11.6. The van der Waals surface area contributed by atoms with E-state index in [0.29, 0.717) is 6.54 Å². The predicted molar refractivity (Wildman–Crippen MR) is 86.9 cm³/mol. The number of halogens is 1. The number of benzene rings is 1. The summed E-state index contributed by atoms with van der Waals surface area (Å²) in [5.41, 5.74) is 6.36. The van der Waals surface area contributed by atoms with Crippen LogP contribution < -0.4 is 15.2 Å². The maximum absolute atomic E-state index is 12.4. The first kappa shape index (κ1) is 16.4. The van der Waals surface area contributed by atoms with E-state index in [9.17, 15) is 8.42 Å². The van der Waals surface area contributed by atoms with Crippen molar-refractivity contribution >= 4 is 37.3 Å². The number of nitrogens with two attached hydrogens (primary N) is 1. The lowest BCUT2D eigenvalue weighted by Gasteiger charge is -2.11. The zero-order chi connectivity index (χ0) is 15.5. The quantitative estimate of drug-likeness (QED) is 0.793. The Labute approximate surface area is 136 Å². The van der Waals surface area contributed by atoms with Crippen LogP contribution in [0.1, 0.15) is 10.4 Å². The molecule has 1 aromatic carbocycles. The van der Waals surface area contributed by atoms with Gasteiger partial charge in [0, 0.05) is 18.0 Å². The fraction of sp³-hybridized carbons (Fsp3) is 0.231. The summed E-state index contributed by atoms with van der Waals surface area (Å²) < 4.78 is 33.4. The van der Waals surface area contributed by atoms with E-state index in [1.54, 1.807) is 12.1 Å². The average Bonchev–Trinajstić information content (AvgIpc) is 2.90. The van der Waals surface area contributed by atoms with Crippen LogP contribution in [0.3, 0.4) is 0 Å². The lowest BCUT2D eigenvalue weighted by atomic mass is 10.2. The molecule has 0 atom stereocenters. The van der Waals surface area contributed by atoms with Crippen molar-refractivity contribution < 1.29 is 13.2 Å². The lowest BCUT2D eigenvalue weighted by molar-refractivity contribution is 0.401. The zero-order valence-electron chi connectivity index (χ0n) is 11.3. The third-order valence-corrected chi connectivity index (χ3v) is 5.88. The molecule has 114 valence electrons. The SMILES string of the molecule is COc1cc(CN)ccc1S(=O)(=O)NCc1ccc(Br)s1. The molecule has 0 unspecified atom stereocenters. The maximum atomic E-state index is 12.4. The number of hydrogen-bond donors (Lipinski definition) is 2. The Morgan fingerprint density at radius 1 is 1.33 bits per heavy atom. The Morgan fingerprint density at radius 2 is 2.10 bits per heavy atom. The van der Waals surface area contributed by atoms with Crippen LogP contribution in [0.2, 0.25) is 0 Å². The average molecular weight is 391 g/mol. The highest BCUT2D eigenvalue weighted by Crippen LogP contribution is 2.26. The predicted octanol–water partition coefficient (Wildman–Crippen LogP) is 2.46. The topological polar surface area (TPSA) is 81.4 Å². The monoisotopic (exact) mass is 390 g/mol. The fourth-order valence-electron chi connectivity index (χ4n) is 1.75. The van der Waals surface area contributed by atoms with Gasteiger partial charge in [-0.1, -0.05) is 6.07 Å². The van der Waals surface area contributed by atoms with Crippen molar-refractivity contribution in [2.45, 2.75) is 18.0 Å². The molecule has 8 heteroatoms. The molecule has 0 spiro atoms.